The number of hydrogen-bond donors (Lipinski definition) is 0. The smallest absolute Gasteiger partial charge is 0.379 e. The Kier molecular flexibility index (Phi) is 4.41. The Hall–Kier alpha value is -2.63. The highest BCUT2D eigenvalue weighted by atomic mass is 19.3. The minimum Gasteiger partial charge on any atom is -0.462 e. The summed E-state index contributed by atoms with van der Waals surface area (Å²) in [6.07, 6.45) is -3.09. The predicted molar refractivity (Wildman–Crippen MR) is 56.5 cm³/mol. The molecule has 0 radical (unpaired) electrons. The van der Waals surface area contributed by atoms with Gasteiger partial charge in [-0.25, -0.2) is 13.6 Å². The van der Waals surface area contributed by atoms with Gasteiger partial charge in [0.2, 0.25) is 0 Å². The fraction of sp³-hybridized carbons (Fsp3) is 0.300. The highest BCUT2D eigenvalue weighted by Gasteiger charge is 2.30. The van der Waals surface area contributed by atoms with Gasteiger partial charge in [-0.15, -0.1) is 0 Å². The van der Waals surface area contributed by atoms with Gasteiger partial charge >= 0.3 is 11.8 Å². The fourth-order valence-corrected chi connectivity index (χ4v) is 1.27. The van der Waals surface area contributed by atoms with Gasteiger partial charge in [0.15, 0.2) is 5.56 Å². The molecule has 0 aliphatic heterocycles. The van der Waals surface area contributed by atoms with E-state index >= 15 is 0 Å². The summed E-state index contributed by atoms with van der Waals surface area (Å²) in [5, 5.41) is 19.3. The SMILES string of the molecule is CCOC(=O)c1cc(C(F)F)c(C#N)nc1[N+](=O)[O-]. The van der Waals surface area contributed by atoms with Crippen molar-refractivity contribution in [3.8, 4) is 6.07 Å². The van der Waals surface area contributed by atoms with E-state index in [2.05, 4.69) is 9.72 Å². The van der Waals surface area contributed by atoms with E-state index in [-0.39, 0.29) is 6.61 Å². The molecule has 1 heterocycles. The van der Waals surface area contributed by atoms with Crippen molar-refractivity contribution in [3.63, 3.8) is 0 Å². The first kappa shape index (κ1) is 14.4. The quantitative estimate of drug-likeness (QED) is 0.470. The molecule has 0 aliphatic carbocycles. The third-order valence-electron chi connectivity index (χ3n) is 2.04. The van der Waals surface area contributed by atoms with Crippen molar-refractivity contribution in [1.82, 2.24) is 4.98 Å². The van der Waals surface area contributed by atoms with Crippen molar-refractivity contribution < 1.29 is 23.2 Å². The van der Waals surface area contributed by atoms with E-state index in [0.717, 1.165) is 0 Å². The van der Waals surface area contributed by atoms with E-state index in [1.165, 1.54) is 13.0 Å². The van der Waals surface area contributed by atoms with Crippen LogP contribution in [0, 0.1) is 21.4 Å². The molecule has 0 atom stereocenters. The van der Waals surface area contributed by atoms with Gasteiger partial charge in [-0.2, -0.15) is 5.26 Å². The van der Waals surface area contributed by atoms with Crippen LogP contribution in [-0.2, 0) is 4.74 Å². The second-order valence-corrected chi connectivity index (χ2v) is 3.19. The van der Waals surface area contributed by atoms with Crippen molar-refractivity contribution >= 4 is 11.8 Å². The fourth-order valence-electron chi connectivity index (χ4n) is 1.27. The van der Waals surface area contributed by atoms with Crippen LogP contribution in [0.4, 0.5) is 14.6 Å². The molecule has 1 aromatic rings. The molecule has 1 aromatic heterocycles. The number of halogens is 2. The van der Waals surface area contributed by atoms with Gasteiger partial charge in [-0.05, 0) is 22.9 Å². The zero-order chi connectivity index (χ0) is 14.6. The van der Waals surface area contributed by atoms with Crippen molar-refractivity contribution in [3.05, 3.63) is 33.0 Å². The molecule has 0 N–H and O–H groups in total. The van der Waals surface area contributed by atoms with Gasteiger partial charge in [-0.3, -0.25) is 0 Å². The summed E-state index contributed by atoms with van der Waals surface area (Å²) < 4.78 is 29.8. The van der Waals surface area contributed by atoms with Gasteiger partial charge < -0.3 is 14.9 Å². The molecule has 0 bridgehead atoms. The molecular weight excluding hydrogens is 264 g/mol. The summed E-state index contributed by atoms with van der Waals surface area (Å²) in [5.41, 5.74) is -2.35. The van der Waals surface area contributed by atoms with E-state index in [4.69, 9.17) is 5.26 Å². The van der Waals surface area contributed by atoms with E-state index in [0.29, 0.717) is 6.07 Å². The minimum absolute atomic E-state index is 0.0833. The molecule has 0 fully saturated rings. The lowest BCUT2D eigenvalue weighted by Crippen LogP contribution is -2.12. The maximum absolute atomic E-state index is 12.7. The van der Waals surface area contributed by atoms with E-state index in [1.807, 2.05) is 0 Å². The largest absolute Gasteiger partial charge is 0.462 e. The molecule has 19 heavy (non-hydrogen) atoms. The molecule has 0 spiro atoms. The highest BCUT2D eigenvalue weighted by molar-refractivity contribution is 5.93. The third kappa shape index (κ3) is 2.98. The molecular formula is C10H7F2N3O4. The van der Waals surface area contributed by atoms with Crippen LogP contribution < -0.4 is 0 Å². The van der Waals surface area contributed by atoms with Crippen LogP contribution >= 0.6 is 0 Å². The van der Waals surface area contributed by atoms with Crippen LogP contribution in [0.25, 0.3) is 0 Å². The Morgan fingerprint density at radius 3 is 2.74 bits per heavy atom. The molecule has 0 aliphatic rings. The number of nitro groups is 1. The van der Waals surface area contributed by atoms with Crippen LogP contribution in [0.15, 0.2) is 6.07 Å². The molecule has 0 saturated heterocycles. The Morgan fingerprint density at radius 1 is 1.68 bits per heavy atom. The summed E-state index contributed by atoms with van der Waals surface area (Å²) >= 11 is 0. The number of carbonyl (C=O) groups excluding carboxylic acids is 1. The minimum atomic E-state index is -3.09. The van der Waals surface area contributed by atoms with E-state index in [1.54, 1.807) is 0 Å². The van der Waals surface area contributed by atoms with E-state index in [9.17, 15) is 23.7 Å². The summed E-state index contributed by atoms with van der Waals surface area (Å²) in [4.78, 5) is 24.3. The summed E-state index contributed by atoms with van der Waals surface area (Å²) in [6.45, 7) is 1.37. The molecule has 0 unspecified atom stereocenters. The van der Waals surface area contributed by atoms with Crippen LogP contribution in [0.1, 0.15) is 35.0 Å². The lowest BCUT2D eigenvalue weighted by Gasteiger charge is -2.05. The number of alkyl halides is 2. The average molecular weight is 271 g/mol. The molecule has 1 rings (SSSR count). The topological polar surface area (TPSA) is 106 Å². The maximum Gasteiger partial charge on any atom is 0.379 e. The Balaban J connectivity index is 3.51. The van der Waals surface area contributed by atoms with Crippen LogP contribution in [0.5, 0.6) is 0 Å². The first-order chi connectivity index (χ1) is 8.92. The number of carbonyl (C=O) groups is 1. The number of ether oxygens (including phenoxy) is 1. The molecule has 0 amide bonds. The molecule has 7 nitrogen and oxygen atoms in total. The van der Waals surface area contributed by atoms with Crippen molar-refractivity contribution in [2.45, 2.75) is 13.3 Å². The van der Waals surface area contributed by atoms with Crippen LogP contribution in [0.2, 0.25) is 0 Å². The highest BCUT2D eigenvalue weighted by Crippen LogP contribution is 2.27. The number of nitriles is 1. The normalized spacial score (nSPS) is 10.1. The summed E-state index contributed by atoms with van der Waals surface area (Å²) in [6, 6.07) is 1.88. The average Bonchev–Trinajstić information content (AvgIpc) is 2.37. The van der Waals surface area contributed by atoms with Crippen LogP contribution in [-0.4, -0.2) is 22.5 Å². The number of nitrogens with zero attached hydrogens (tertiary/aromatic N) is 3. The zero-order valence-electron chi connectivity index (χ0n) is 9.59. The van der Waals surface area contributed by atoms with Gasteiger partial charge in [0.1, 0.15) is 6.07 Å². The zero-order valence-corrected chi connectivity index (χ0v) is 9.59. The summed E-state index contributed by atoms with van der Waals surface area (Å²) in [7, 11) is 0. The summed E-state index contributed by atoms with van der Waals surface area (Å²) in [5.74, 6) is -2.13. The van der Waals surface area contributed by atoms with Crippen molar-refractivity contribution in [2.24, 2.45) is 0 Å². The lowest BCUT2D eigenvalue weighted by atomic mass is 10.1. The molecule has 0 saturated carbocycles. The second-order valence-electron chi connectivity index (χ2n) is 3.19. The Bertz CT molecular complexity index is 569. The maximum atomic E-state index is 12.7. The third-order valence-corrected chi connectivity index (χ3v) is 2.04. The number of esters is 1. The molecule has 9 heteroatoms. The van der Waals surface area contributed by atoms with E-state index < -0.39 is 40.0 Å². The lowest BCUT2D eigenvalue weighted by molar-refractivity contribution is -0.389. The van der Waals surface area contributed by atoms with Crippen LogP contribution in [0.3, 0.4) is 0 Å². The first-order valence-corrected chi connectivity index (χ1v) is 4.97. The van der Waals surface area contributed by atoms with Gasteiger partial charge in [-0.1, -0.05) is 0 Å². The van der Waals surface area contributed by atoms with Crippen molar-refractivity contribution in [2.75, 3.05) is 6.61 Å². The number of aromatic nitrogens is 1. The van der Waals surface area contributed by atoms with Crippen molar-refractivity contribution in [1.29, 1.82) is 5.26 Å². The van der Waals surface area contributed by atoms with Gasteiger partial charge in [0, 0.05) is 0 Å². The first-order valence-electron chi connectivity index (χ1n) is 4.97. The Morgan fingerprint density at radius 2 is 2.32 bits per heavy atom. The standard InChI is InChI=1S/C10H7F2N3O4/c1-2-19-10(16)6-3-5(8(11)12)7(4-13)14-9(6)15(17)18/h3,8H,2H2,1H3. The number of pyridine rings is 1. The van der Waals surface area contributed by atoms with Gasteiger partial charge in [0.05, 0.1) is 12.2 Å². The predicted octanol–water partition coefficient (Wildman–Crippen LogP) is 1.98. The number of hydrogen-bond acceptors (Lipinski definition) is 6. The number of rotatable bonds is 4. The molecule has 0 aromatic carbocycles. The van der Waals surface area contributed by atoms with Gasteiger partial charge in [0.25, 0.3) is 12.1 Å². The molecule has 100 valence electrons. The monoisotopic (exact) mass is 271 g/mol. The second kappa shape index (κ2) is 5.81. The Labute approximate surface area is 105 Å².